The van der Waals surface area contributed by atoms with Gasteiger partial charge in [-0.2, -0.15) is 0 Å². The minimum absolute atomic E-state index is 0.0343. The highest BCUT2D eigenvalue weighted by Crippen LogP contribution is 2.47. The van der Waals surface area contributed by atoms with Gasteiger partial charge in [-0.25, -0.2) is 4.79 Å². The van der Waals surface area contributed by atoms with Crippen LogP contribution in [0.3, 0.4) is 0 Å². The molecule has 0 bridgehead atoms. The Bertz CT molecular complexity index is 563. The van der Waals surface area contributed by atoms with Crippen molar-refractivity contribution in [3.8, 4) is 0 Å². The topological polar surface area (TPSA) is 166 Å². The second-order valence-electron chi connectivity index (χ2n) is 7.06. The van der Waals surface area contributed by atoms with Gasteiger partial charge in [0.2, 0.25) is 6.29 Å². The van der Waals surface area contributed by atoms with Crippen molar-refractivity contribution in [1.29, 1.82) is 0 Å². The van der Waals surface area contributed by atoms with Crippen molar-refractivity contribution < 1.29 is 49.6 Å². The molecule has 0 amide bonds. The number of fused-ring (bicyclic) bond motifs is 1. The summed E-state index contributed by atoms with van der Waals surface area (Å²) >= 11 is 0. The highest BCUT2D eigenvalue weighted by Gasteiger charge is 2.53. The van der Waals surface area contributed by atoms with Crippen LogP contribution in [0.2, 0.25) is 0 Å². The predicted octanol–water partition coefficient (Wildman–Crippen LogP) is -2.24. The molecule has 3 aliphatic rings. The summed E-state index contributed by atoms with van der Waals surface area (Å²) in [5, 5.41) is 58.5. The number of carboxylic acid groups (broad SMARTS) is 1. The van der Waals surface area contributed by atoms with Crippen LogP contribution in [0.25, 0.3) is 0 Å². The third-order valence-electron chi connectivity index (χ3n) is 5.58. The molecule has 0 spiro atoms. The predicted molar refractivity (Wildman–Crippen MR) is 82.2 cm³/mol. The van der Waals surface area contributed by atoms with Gasteiger partial charge in [-0.3, -0.25) is 0 Å². The van der Waals surface area contributed by atoms with E-state index in [1.165, 1.54) is 0 Å². The smallest absolute Gasteiger partial charge is 0.334 e. The van der Waals surface area contributed by atoms with Gasteiger partial charge >= 0.3 is 5.97 Å². The fraction of sp³-hybridized carbons (Fsp3) is 0.812. The maximum atomic E-state index is 11.4. The minimum atomic E-state index is -1.60. The lowest BCUT2D eigenvalue weighted by Crippen LogP contribution is -2.60. The molecule has 0 unspecified atom stereocenters. The molecule has 2 aliphatic heterocycles. The first kappa shape index (κ1) is 19.5. The summed E-state index contributed by atoms with van der Waals surface area (Å²) in [5.74, 6) is -2.49. The lowest BCUT2D eigenvalue weighted by Gasteiger charge is -2.43. The van der Waals surface area contributed by atoms with Crippen LogP contribution >= 0.6 is 0 Å². The van der Waals surface area contributed by atoms with E-state index >= 15 is 0 Å². The molecule has 148 valence electrons. The van der Waals surface area contributed by atoms with Gasteiger partial charge in [-0.05, 0) is 12.3 Å². The van der Waals surface area contributed by atoms with Gasteiger partial charge in [-0.15, -0.1) is 0 Å². The normalized spacial score (nSPS) is 48.5. The zero-order chi connectivity index (χ0) is 19.2. The molecular weight excluding hydrogens is 352 g/mol. The molecule has 6 N–H and O–H groups in total. The number of rotatable bonds is 4. The van der Waals surface area contributed by atoms with Crippen LogP contribution in [-0.2, 0) is 19.0 Å². The van der Waals surface area contributed by atoms with Crippen LogP contribution in [0.5, 0.6) is 0 Å². The van der Waals surface area contributed by atoms with Gasteiger partial charge < -0.3 is 44.8 Å². The molecule has 1 saturated carbocycles. The maximum Gasteiger partial charge on any atom is 0.334 e. The van der Waals surface area contributed by atoms with Crippen molar-refractivity contribution in [2.24, 2.45) is 17.8 Å². The molecule has 0 radical (unpaired) electrons. The molecule has 3 rings (SSSR count). The fourth-order valence-electron chi connectivity index (χ4n) is 3.99. The summed E-state index contributed by atoms with van der Waals surface area (Å²) in [4.78, 5) is 11.4. The largest absolute Gasteiger partial charge is 0.478 e. The van der Waals surface area contributed by atoms with E-state index in [2.05, 4.69) is 0 Å². The Hall–Kier alpha value is -1.27. The van der Waals surface area contributed by atoms with E-state index < -0.39 is 67.5 Å². The molecule has 10 nitrogen and oxygen atoms in total. The first-order valence-corrected chi connectivity index (χ1v) is 8.49. The lowest BCUT2D eigenvalue weighted by molar-refractivity contribution is -0.342. The van der Waals surface area contributed by atoms with Gasteiger partial charge in [0.1, 0.15) is 24.4 Å². The Morgan fingerprint density at radius 1 is 1.19 bits per heavy atom. The van der Waals surface area contributed by atoms with E-state index in [1.807, 2.05) is 0 Å². The number of hydrogen-bond donors (Lipinski definition) is 6. The monoisotopic (exact) mass is 376 g/mol. The van der Waals surface area contributed by atoms with Crippen LogP contribution in [0, 0.1) is 17.8 Å². The number of aliphatic hydroxyl groups excluding tert-OH is 5. The lowest BCUT2D eigenvalue weighted by atomic mass is 9.83. The molecule has 10 heteroatoms. The molecule has 26 heavy (non-hydrogen) atoms. The second-order valence-corrected chi connectivity index (χ2v) is 7.06. The Balaban J connectivity index is 1.79. The highest BCUT2D eigenvalue weighted by molar-refractivity contribution is 5.87. The number of aliphatic carboxylic acids is 1. The van der Waals surface area contributed by atoms with Crippen molar-refractivity contribution in [2.75, 3.05) is 6.61 Å². The molecule has 1 saturated heterocycles. The third-order valence-corrected chi connectivity index (χ3v) is 5.58. The number of aliphatic hydroxyl groups is 5. The van der Waals surface area contributed by atoms with E-state index in [0.29, 0.717) is 0 Å². The zero-order valence-electron chi connectivity index (χ0n) is 14.1. The van der Waals surface area contributed by atoms with Gasteiger partial charge in [-0.1, -0.05) is 6.92 Å². The van der Waals surface area contributed by atoms with Crippen molar-refractivity contribution in [2.45, 2.75) is 56.4 Å². The van der Waals surface area contributed by atoms with Gasteiger partial charge in [0.15, 0.2) is 6.29 Å². The van der Waals surface area contributed by atoms with E-state index in [-0.39, 0.29) is 17.9 Å². The Morgan fingerprint density at radius 2 is 1.88 bits per heavy atom. The Kier molecular flexibility index (Phi) is 5.54. The molecule has 0 aromatic heterocycles. The molecule has 2 heterocycles. The van der Waals surface area contributed by atoms with Gasteiger partial charge in [0, 0.05) is 11.8 Å². The van der Waals surface area contributed by atoms with Crippen molar-refractivity contribution in [1.82, 2.24) is 0 Å². The van der Waals surface area contributed by atoms with Crippen molar-refractivity contribution in [3.05, 3.63) is 11.8 Å². The van der Waals surface area contributed by atoms with E-state index in [4.69, 9.17) is 14.2 Å². The average Bonchev–Trinajstić information content (AvgIpc) is 2.90. The molecule has 1 aliphatic carbocycles. The number of ether oxygens (including phenoxy) is 3. The minimum Gasteiger partial charge on any atom is -0.478 e. The van der Waals surface area contributed by atoms with Crippen LogP contribution in [-0.4, -0.2) is 86.3 Å². The third kappa shape index (κ3) is 3.22. The fourth-order valence-corrected chi connectivity index (χ4v) is 3.99. The molecule has 0 aromatic carbocycles. The summed E-state index contributed by atoms with van der Waals surface area (Å²) in [5.41, 5.74) is 0.0343. The van der Waals surface area contributed by atoms with Crippen LogP contribution in [0.4, 0.5) is 0 Å². The van der Waals surface area contributed by atoms with Crippen LogP contribution in [0.1, 0.15) is 13.3 Å². The van der Waals surface area contributed by atoms with Crippen LogP contribution in [0.15, 0.2) is 11.8 Å². The number of hydrogen-bond acceptors (Lipinski definition) is 9. The first-order chi connectivity index (χ1) is 12.3. The van der Waals surface area contributed by atoms with Crippen molar-refractivity contribution >= 4 is 5.97 Å². The number of carboxylic acids is 1. The maximum absolute atomic E-state index is 11.4. The summed E-state index contributed by atoms with van der Waals surface area (Å²) < 4.78 is 16.3. The Morgan fingerprint density at radius 3 is 2.50 bits per heavy atom. The summed E-state index contributed by atoms with van der Waals surface area (Å²) in [6.07, 6.45) is -7.71. The van der Waals surface area contributed by atoms with Gasteiger partial charge in [0.25, 0.3) is 0 Å². The second kappa shape index (κ2) is 7.39. The van der Waals surface area contributed by atoms with E-state index in [9.17, 15) is 35.4 Å². The standard InChI is InChI=1S/C16H24O10/c1-5-8(18)2-6-7(14(22)23)4-24-15(10(5)6)26-16-13(21)12(20)11(19)9(3-17)25-16/h4-6,8-13,15-21H,2-3H2,1H3,(H,22,23)/t5-,6+,8-,9+,10-,11+,12-,13-,15-,16-/m0/s1. The SMILES string of the molecule is C[C@@H]1[C@@H]2[C@H](O[C@@H]3O[C@H](CO)[C@@H](O)[C@H](O)[C@@H]3O)OC=C(C(=O)O)[C@H]2C[C@@H]1O. The highest BCUT2D eigenvalue weighted by atomic mass is 16.8. The average molecular weight is 376 g/mol. The van der Waals surface area contributed by atoms with E-state index in [0.717, 1.165) is 6.26 Å². The molecule has 2 fully saturated rings. The summed E-state index contributed by atoms with van der Waals surface area (Å²) in [6, 6.07) is 0. The first-order valence-electron chi connectivity index (χ1n) is 8.49. The summed E-state index contributed by atoms with van der Waals surface area (Å²) in [7, 11) is 0. The zero-order valence-corrected chi connectivity index (χ0v) is 14.1. The van der Waals surface area contributed by atoms with Crippen molar-refractivity contribution in [3.63, 3.8) is 0 Å². The summed E-state index contributed by atoms with van der Waals surface area (Å²) in [6.45, 7) is 1.15. The van der Waals surface area contributed by atoms with E-state index in [1.54, 1.807) is 6.92 Å². The van der Waals surface area contributed by atoms with Crippen LogP contribution < -0.4 is 0 Å². The number of carbonyl (C=O) groups is 1. The molecular formula is C16H24O10. The Labute approximate surface area is 149 Å². The molecule has 10 atom stereocenters. The quantitative estimate of drug-likeness (QED) is 0.316. The molecule has 0 aromatic rings. The van der Waals surface area contributed by atoms with Gasteiger partial charge in [0.05, 0.1) is 24.5 Å².